The van der Waals surface area contributed by atoms with Crippen molar-refractivity contribution < 1.29 is 9.90 Å². The molecule has 1 aliphatic heterocycles. The topological polar surface area (TPSA) is 40.5 Å². The molecule has 2 unspecified atom stereocenters. The Hall–Kier alpha value is -1.06. The number of rotatable bonds is 5. The van der Waals surface area contributed by atoms with Crippen LogP contribution in [0.2, 0.25) is 0 Å². The number of carboxylic acids is 1. The molecule has 1 aliphatic rings. The van der Waals surface area contributed by atoms with E-state index < -0.39 is 5.97 Å². The van der Waals surface area contributed by atoms with Gasteiger partial charge in [0.2, 0.25) is 0 Å². The molecule has 110 valence electrons. The van der Waals surface area contributed by atoms with E-state index in [9.17, 15) is 9.90 Å². The summed E-state index contributed by atoms with van der Waals surface area (Å²) >= 11 is 6.45. The van der Waals surface area contributed by atoms with E-state index in [1.54, 1.807) is 0 Å². The Balaban J connectivity index is 2.00. The number of benzene rings is 1. The van der Waals surface area contributed by atoms with Gasteiger partial charge < -0.3 is 5.11 Å². The van der Waals surface area contributed by atoms with Crippen molar-refractivity contribution in [3.05, 3.63) is 35.4 Å². The van der Waals surface area contributed by atoms with E-state index in [1.165, 1.54) is 5.56 Å². The highest BCUT2D eigenvalue weighted by Gasteiger charge is 2.31. The van der Waals surface area contributed by atoms with Gasteiger partial charge in [0.1, 0.15) is 6.04 Å². The molecule has 1 aromatic rings. The summed E-state index contributed by atoms with van der Waals surface area (Å²) in [5, 5.41) is 9.02. The third-order valence-electron chi connectivity index (χ3n) is 4.01. The Bertz CT molecular complexity index is 458. The average Bonchev–Trinajstić information content (AvgIpc) is 2.87. The van der Waals surface area contributed by atoms with Crippen LogP contribution in [0.25, 0.3) is 0 Å². The number of carboxylic acid groups (broad SMARTS) is 1. The molecule has 1 fully saturated rings. The van der Waals surface area contributed by atoms with Crippen LogP contribution in [0.15, 0.2) is 24.3 Å². The lowest BCUT2D eigenvalue weighted by atomic mass is 10.0. The maximum atomic E-state index is 11.2. The lowest BCUT2D eigenvalue weighted by Gasteiger charge is -2.24. The monoisotopic (exact) mass is 295 g/mol. The van der Waals surface area contributed by atoms with Crippen molar-refractivity contribution in [3.8, 4) is 0 Å². The fourth-order valence-corrected chi connectivity index (χ4v) is 3.05. The van der Waals surface area contributed by atoms with Gasteiger partial charge in [-0.05, 0) is 36.4 Å². The number of hydrogen-bond acceptors (Lipinski definition) is 2. The summed E-state index contributed by atoms with van der Waals surface area (Å²) < 4.78 is 0. The second kappa shape index (κ2) is 6.59. The van der Waals surface area contributed by atoms with Crippen LogP contribution in [-0.2, 0) is 4.79 Å². The number of carbonyl (C=O) groups is 1. The lowest BCUT2D eigenvalue weighted by Crippen LogP contribution is -2.37. The van der Waals surface area contributed by atoms with Crippen LogP contribution < -0.4 is 0 Å². The third-order valence-corrected chi connectivity index (χ3v) is 4.40. The highest BCUT2D eigenvalue weighted by atomic mass is 35.5. The first kappa shape index (κ1) is 15.3. The molecule has 1 saturated heterocycles. The van der Waals surface area contributed by atoms with Crippen LogP contribution in [0.1, 0.15) is 49.1 Å². The standard InChI is InChI=1S/C16H22ClNO2/c1-11(2)12-5-7-13(8-6-12)14(17)10-18-9-3-4-15(18)16(19)20/h5-8,11,14-15H,3-4,9-10H2,1-2H3,(H,19,20). The maximum absolute atomic E-state index is 11.2. The molecule has 3 nitrogen and oxygen atoms in total. The zero-order valence-electron chi connectivity index (χ0n) is 12.1. The van der Waals surface area contributed by atoms with Gasteiger partial charge in [-0.15, -0.1) is 11.6 Å². The highest BCUT2D eigenvalue weighted by Crippen LogP contribution is 2.27. The van der Waals surface area contributed by atoms with Gasteiger partial charge in [0.25, 0.3) is 0 Å². The van der Waals surface area contributed by atoms with Crippen molar-refractivity contribution in [1.82, 2.24) is 4.90 Å². The minimum Gasteiger partial charge on any atom is -0.480 e. The molecule has 0 amide bonds. The summed E-state index contributed by atoms with van der Waals surface area (Å²) in [5.41, 5.74) is 2.36. The fraction of sp³-hybridized carbons (Fsp3) is 0.562. The lowest BCUT2D eigenvalue weighted by molar-refractivity contribution is -0.142. The van der Waals surface area contributed by atoms with Crippen LogP contribution in [-0.4, -0.2) is 35.1 Å². The molecule has 20 heavy (non-hydrogen) atoms. The summed E-state index contributed by atoms with van der Waals surface area (Å²) in [6, 6.07) is 7.95. The predicted molar refractivity (Wildman–Crippen MR) is 81.4 cm³/mol. The largest absolute Gasteiger partial charge is 0.480 e. The molecule has 0 saturated carbocycles. The summed E-state index contributed by atoms with van der Waals surface area (Å²) in [5.74, 6) is -0.227. The molecule has 2 rings (SSSR count). The number of aliphatic carboxylic acids is 1. The molecule has 1 N–H and O–H groups in total. The average molecular weight is 296 g/mol. The van der Waals surface area contributed by atoms with Crippen LogP contribution in [0.3, 0.4) is 0 Å². The normalized spacial score (nSPS) is 21.3. The Morgan fingerprint density at radius 3 is 2.50 bits per heavy atom. The number of halogens is 1. The Kier molecular flexibility index (Phi) is 5.06. The van der Waals surface area contributed by atoms with E-state index in [0.717, 1.165) is 24.9 Å². The number of likely N-dealkylation sites (tertiary alicyclic amines) is 1. The van der Waals surface area contributed by atoms with Crippen molar-refractivity contribution in [2.75, 3.05) is 13.1 Å². The second-order valence-electron chi connectivity index (χ2n) is 5.78. The molecule has 0 aliphatic carbocycles. The van der Waals surface area contributed by atoms with E-state index in [0.29, 0.717) is 12.5 Å². The smallest absolute Gasteiger partial charge is 0.320 e. The Labute approximate surface area is 125 Å². The SMILES string of the molecule is CC(C)c1ccc(C(Cl)CN2CCCC2C(=O)O)cc1. The summed E-state index contributed by atoms with van der Waals surface area (Å²) in [7, 11) is 0. The molecule has 0 bridgehead atoms. The van der Waals surface area contributed by atoms with E-state index in [-0.39, 0.29) is 11.4 Å². The van der Waals surface area contributed by atoms with Gasteiger partial charge in [-0.25, -0.2) is 0 Å². The van der Waals surface area contributed by atoms with E-state index >= 15 is 0 Å². The summed E-state index contributed by atoms with van der Waals surface area (Å²) in [6.07, 6.45) is 1.66. The first-order valence-electron chi connectivity index (χ1n) is 7.20. The molecular formula is C16H22ClNO2. The van der Waals surface area contributed by atoms with Crippen molar-refractivity contribution >= 4 is 17.6 Å². The minimum atomic E-state index is -0.735. The quantitative estimate of drug-likeness (QED) is 0.843. The molecule has 0 radical (unpaired) electrons. The minimum absolute atomic E-state index is 0.156. The Morgan fingerprint density at radius 2 is 1.95 bits per heavy atom. The number of hydrogen-bond donors (Lipinski definition) is 1. The molecule has 4 heteroatoms. The predicted octanol–water partition coefficient (Wildman–Crippen LogP) is 3.64. The number of nitrogens with zero attached hydrogens (tertiary/aromatic N) is 1. The first-order chi connectivity index (χ1) is 9.49. The van der Waals surface area contributed by atoms with Crippen molar-refractivity contribution in [2.45, 2.75) is 44.0 Å². The molecule has 1 aromatic carbocycles. The Morgan fingerprint density at radius 1 is 1.35 bits per heavy atom. The second-order valence-corrected chi connectivity index (χ2v) is 6.31. The van der Waals surface area contributed by atoms with Gasteiger partial charge in [-0.1, -0.05) is 38.1 Å². The van der Waals surface area contributed by atoms with E-state index in [4.69, 9.17) is 11.6 Å². The van der Waals surface area contributed by atoms with Crippen molar-refractivity contribution in [2.24, 2.45) is 0 Å². The summed E-state index contributed by atoms with van der Waals surface area (Å²) in [4.78, 5) is 13.1. The van der Waals surface area contributed by atoms with Crippen LogP contribution in [0.5, 0.6) is 0 Å². The van der Waals surface area contributed by atoms with Crippen molar-refractivity contribution in [3.63, 3.8) is 0 Å². The zero-order valence-corrected chi connectivity index (χ0v) is 12.8. The molecule has 1 heterocycles. The van der Waals surface area contributed by atoms with Gasteiger partial charge in [-0.2, -0.15) is 0 Å². The molecule has 0 spiro atoms. The molecule has 0 aromatic heterocycles. The van der Waals surface area contributed by atoms with Gasteiger partial charge in [0.15, 0.2) is 0 Å². The van der Waals surface area contributed by atoms with Gasteiger partial charge in [0, 0.05) is 6.54 Å². The van der Waals surface area contributed by atoms with Gasteiger partial charge in [-0.3, -0.25) is 9.69 Å². The first-order valence-corrected chi connectivity index (χ1v) is 7.63. The van der Waals surface area contributed by atoms with Crippen LogP contribution in [0.4, 0.5) is 0 Å². The molecular weight excluding hydrogens is 274 g/mol. The summed E-state index contributed by atoms with van der Waals surface area (Å²) in [6.45, 7) is 5.74. The zero-order chi connectivity index (χ0) is 14.7. The van der Waals surface area contributed by atoms with E-state index in [1.807, 2.05) is 4.90 Å². The van der Waals surface area contributed by atoms with Crippen molar-refractivity contribution in [1.29, 1.82) is 0 Å². The van der Waals surface area contributed by atoms with Crippen LogP contribution >= 0.6 is 11.6 Å². The van der Waals surface area contributed by atoms with Gasteiger partial charge in [0.05, 0.1) is 5.38 Å². The fourth-order valence-electron chi connectivity index (χ4n) is 2.73. The third kappa shape index (κ3) is 3.53. The number of alkyl halides is 1. The molecule has 2 atom stereocenters. The van der Waals surface area contributed by atoms with Crippen LogP contribution in [0, 0.1) is 0 Å². The highest BCUT2D eigenvalue weighted by molar-refractivity contribution is 6.21. The maximum Gasteiger partial charge on any atom is 0.320 e. The van der Waals surface area contributed by atoms with Gasteiger partial charge >= 0.3 is 5.97 Å². The van der Waals surface area contributed by atoms with E-state index in [2.05, 4.69) is 38.1 Å².